The zero-order valence-electron chi connectivity index (χ0n) is 13.8. The Bertz CT molecular complexity index is 343. The molecule has 0 radical (unpaired) electrons. The highest BCUT2D eigenvalue weighted by molar-refractivity contribution is 5.78. The summed E-state index contributed by atoms with van der Waals surface area (Å²) in [6.45, 7) is 7.84. The number of carboxylic acids is 1. The maximum absolute atomic E-state index is 12.6. The molecule has 4 heteroatoms. The lowest BCUT2D eigenvalue weighted by Gasteiger charge is -2.37. The van der Waals surface area contributed by atoms with Crippen LogP contribution in [0.25, 0.3) is 0 Å². The molecule has 1 amide bonds. The Morgan fingerprint density at radius 3 is 2.62 bits per heavy atom. The van der Waals surface area contributed by atoms with E-state index in [4.69, 9.17) is 5.11 Å². The highest BCUT2D eigenvalue weighted by atomic mass is 16.4. The molecule has 3 unspecified atom stereocenters. The molecular formula is C17H31NO3. The molecule has 0 aromatic rings. The molecule has 0 aliphatic carbocycles. The summed E-state index contributed by atoms with van der Waals surface area (Å²) < 4.78 is 0. The van der Waals surface area contributed by atoms with Gasteiger partial charge in [0.15, 0.2) is 0 Å². The Morgan fingerprint density at radius 1 is 1.33 bits per heavy atom. The molecule has 1 rings (SSSR count). The Labute approximate surface area is 128 Å². The number of nitrogens with zero attached hydrogens (tertiary/aromatic N) is 1. The summed E-state index contributed by atoms with van der Waals surface area (Å²) in [4.78, 5) is 25.5. The number of aliphatic carboxylic acids is 1. The molecule has 1 N–H and O–H groups in total. The summed E-state index contributed by atoms with van der Waals surface area (Å²) in [7, 11) is 0. The van der Waals surface area contributed by atoms with E-state index in [1.807, 2.05) is 11.8 Å². The molecule has 0 bridgehead atoms. The van der Waals surface area contributed by atoms with Crippen molar-refractivity contribution in [2.75, 3.05) is 13.1 Å². The summed E-state index contributed by atoms with van der Waals surface area (Å²) in [5.41, 5.74) is 0. The molecule has 1 saturated heterocycles. The van der Waals surface area contributed by atoms with Crippen molar-refractivity contribution in [3.63, 3.8) is 0 Å². The van der Waals surface area contributed by atoms with E-state index < -0.39 is 5.97 Å². The van der Waals surface area contributed by atoms with E-state index >= 15 is 0 Å². The van der Waals surface area contributed by atoms with Crippen LogP contribution in [0.4, 0.5) is 0 Å². The Balaban J connectivity index is 2.57. The van der Waals surface area contributed by atoms with Crippen molar-refractivity contribution in [1.82, 2.24) is 4.90 Å². The maximum atomic E-state index is 12.6. The Hall–Kier alpha value is -1.06. The first kappa shape index (κ1) is 18.0. The van der Waals surface area contributed by atoms with Crippen molar-refractivity contribution in [2.45, 2.75) is 65.7 Å². The minimum atomic E-state index is -0.736. The topological polar surface area (TPSA) is 57.6 Å². The van der Waals surface area contributed by atoms with Crippen LogP contribution in [-0.2, 0) is 9.59 Å². The molecule has 1 fully saturated rings. The van der Waals surface area contributed by atoms with Crippen LogP contribution in [0, 0.1) is 17.8 Å². The second-order valence-electron chi connectivity index (χ2n) is 6.51. The second kappa shape index (κ2) is 9.06. The number of amides is 1. The third-order valence-electron chi connectivity index (χ3n) is 4.82. The normalized spacial score (nSPS) is 21.9. The number of carboxylic acid groups (broad SMARTS) is 1. The van der Waals surface area contributed by atoms with Gasteiger partial charge in [-0.05, 0) is 37.5 Å². The van der Waals surface area contributed by atoms with Crippen molar-refractivity contribution >= 4 is 11.9 Å². The minimum absolute atomic E-state index is 0.147. The van der Waals surface area contributed by atoms with Gasteiger partial charge in [-0.3, -0.25) is 9.59 Å². The van der Waals surface area contributed by atoms with Gasteiger partial charge in [-0.2, -0.15) is 0 Å². The molecule has 1 aliphatic rings. The smallest absolute Gasteiger partial charge is 0.303 e. The average molecular weight is 297 g/mol. The van der Waals surface area contributed by atoms with Gasteiger partial charge < -0.3 is 10.0 Å². The van der Waals surface area contributed by atoms with E-state index in [1.165, 1.54) is 0 Å². The van der Waals surface area contributed by atoms with Gasteiger partial charge in [-0.1, -0.05) is 33.6 Å². The molecule has 0 saturated carbocycles. The fourth-order valence-corrected chi connectivity index (χ4v) is 3.33. The molecule has 0 spiro atoms. The third-order valence-corrected chi connectivity index (χ3v) is 4.82. The fourth-order valence-electron chi connectivity index (χ4n) is 3.33. The molecule has 0 aromatic heterocycles. The van der Waals surface area contributed by atoms with Crippen LogP contribution in [0.2, 0.25) is 0 Å². The quantitative estimate of drug-likeness (QED) is 0.745. The van der Waals surface area contributed by atoms with E-state index in [2.05, 4.69) is 13.8 Å². The monoisotopic (exact) mass is 297 g/mol. The largest absolute Gasteiger partial charge is 0.481 e. The number of hydrogen-bond acceptors (Lipinski definition) is 2. The van der Waals surface area contributed by atoms with Crippen LogP contribution < -0.4 is 0 Å². The number of carbonyl (C=O) groups is 2. The minimum Gasteiger partial charge on any atom is -0.481 e. The standard InChI is InChI=1S/C17H31NO3/c1-4-6-8-14(5-2)17(21)18-10-7-9-15(12-18)13(3)11-16(19)20/h13-15H,4-12H2,1-3H3,(H,19,20). The van der Waals surface area contributed by atoms with Crippen molar-refractivity contribution in [1.29, 1.82) is 0 Å². The fraction of sp³-hybridized carbons (Fsp3) is 0.882. The van der Waals surface area contributed by atoms with Crippen LogP contribution in [0.15, 0.2) is 0 Å². The number of unbranched alkanes of at least 4 members (excludes halogenated alkanes) is 1. The van der Waals surface area contributed by atoms with Gasteiger partial charge in [0, 0.05) is 25.4 Å². The number of hydrogen-bond donors (Lipinski definition) is 1. The summed E-state index contributed by atoms with van der Waals surface area (Å²) in [6.07, 6.45) is 6.38. The molecule has 21 heavy (non-hydrogen) atoms. The van der Waals surface area contributed by atoms with Crippen molar-refractivity contribution in [3.8, 4) is 0 Å². The lowest BCUT2D eigenvalue weighted by Crippen LogP contribution is -2.44. The number of rotatable bonds is 8. The van der Waals surface area contributed by atoms with Gasteiger partial charge in [0.2, 0.25) is 5.91 Å². The van der Waals surface area contributed by atoms with Gasteiger partial charge in [0.25, 0.3) is 0 Å². The number of piperidine rings is 1. The van der Waals surface area contributed by atoms with Gasteiger partial charge in [-0.15, -0.1) is 0 Å². The molecule has 3 atom stereocenters. The van der Waals surface area contributed by atoms with Crippen LogP contribution >= 0.6 is 0 Å². The summed E-state index contributed by atoms with van der Waals surface area (Å²) in [5, 5.41) is 8.93. The Kier molecular flexibility index (Phi) is 7.76. The molecule has 1 heterocycles. The number of likely N-dealkylation sites (tertiary alicyclic amines) is 1. The van der Waals surface area contributed by atoms with Gasteiger partial charge in [0.1, 0.15) is 0 Å². The van der Waals surface area contributed by atoms with Crippen molar-refractivity contribution < 1.29 is 14.7 Å². The van der Waals surface area contributed by atoms with Crippen LogP contribution in [0.1, 0.15) is 65.7 Å². The van der Waals surface area contributed by atoms with Gasteiger partial charge in [0.05, 0.1) is 0 Å². The van der Waals surface area contributed by atoms with Crippen molar-refractivity contribution in [3.05, 3.63) is 0 Å². The highest BCUT2D eigenvalue weighted by Gasteiger charge is 2.30. The maximum Gasteiger partial charge on any atom is 0.303 e. The Morgan fingerprint density at radius 2 is 2.05 bits per heavy atom. The van der Waals surface area contributed by atoms with Gasteiger partial charge in [-0.25, -0.2) is 0 Å². The second-order valence-corrected chi connectivity index (χ2v) is 6.51. The van der Waals surface area contributed by atoms with Gasteiger partial charge >= 0.3 is 5.97 Å². The van der Waals surface area contributed by atoms with E-state index in [0.29, 0.717) is 5.92 Å². The van der Waals surface area contributed by atoms with Crippen molar-refractivity contribution in [2.24, 2.45) is 17.8 Å². The summed E-state index contributed by atoms with van der Waals surface area (Å²) in [6, 6.07) is 0. The summed E-state index contributed by atoms with van der Waals surface area (Å²) in [5.74, 6) is 0.188. The first-order chi connectivity index (χ1) is 9.99. The van der Waals surface area contributed by atoms with E-state index in [9.17, 15) is 9.59 Å². The lowest BCUT2D eigenvalue weighted by atomic mass is 9.84. The number of carbonyl (C=O) groups excluding carboxylic acids is 1. The van der Waals surface area contributed by atoms with Crippen LogP contribution in [0.5, 0.6) is 0 Å². The first-order valence-corrected chi connectivity index (χ1v) is 8.50. The predicted octanol–water partition coefficient (Wildman–Crippen LogP) is 3.55. The molecule has 1 aliphatic heterocycles. The lowest BCUT2D eigenvalue weighted by molar-refractivity contribution is -0.139. The third kappa shape index (κ3) is 5.68. The SMILES string of the molecule is CCCCC(CC)C(=O)N1CCCC(C(C)CC(=O)O)C1. The van der Waals surface area contributed by atoms with Crippen LogP contribution in [0.3, 0.4) is 0 Å². The zero-order chi connectivity index (χ0) is 15.8. The summed E-state index contributed by atoms with van der Waals surface area (Å²) >= 11 is 0. The van der Waals surface area contributed by atoms with E-state index in [0.717, 1.165) is 51.6 Å². The van der Waals surface area contributed by atoms with E-state index in [-0.39, 0.29) is 24.2 Å². The molecule has 0 aromatic carbocycles. The zero-order valence-corrected chi connectivity index (χ0v) is 13.8. The first-order valence-electron chi connectivity index (χ1n) is 8.50. The molecule has 4 nitrogen and oxygen atoms in total. The predicted molar refractivity (Wildman–Crippen MR) is 84.0 cm³/mol. The molecular weight excluding hydrogens is 266 g/mol. The van der Waals surface area contributed by atoms with E-state index in [1.54, 1.807) is 0 Å². The molecule has 122 valence electrons. The average Bonchev–Trinajstić information content (AvgIpc) is 2.47. The van der Waals surface area contributed by atoms with Crippen LogP contribution in [-0.4, -0.2) is 35.0 Å². The highest BCUT2D eigenvalue weighted by Crippen LogP contribution is 2.28.